The highest BCUT2D eigenvalue weighted by atomic mass is 14.9. The number of aryl methyl sites for hydroxylation is 2. The quantitative estimate of drug-likeness (QED) is 0.442. The Morgan fingerprint density at radius 1 is 0.667 bits per heavy atom. The van der Waals surface area contributed by atoms with Gasteiger partial charge >= 0.3 is 0 Å². The Kier molecular flexibility index (Phi) is 2.61. The molecule has 1 heteroatoms. The van der Waals surface area contributed by atoms with E-state index in [0.29, 0.717) is 0 Å². The molecular formula is C20H17N. The summed E-state index contributed by atoms with van der Waals surface area (Å²) in [6.45, 7) is 2.14. The lowest BCUT2D eigenvalue weighted by Gasteiger charge is -2.05. The van der Waals surface area contributed by atoms with E-state index in [1.807, 2.05) is 0 Å². The summed E-state index contributed by atoms with van der Waals surface area (Å²) in [5.74, 6) is 0. The molecule has 21 heavy (non-hydrogen) atoms. The van der Waals surface area contributed by atoms with Crippen molar-refractivity contribution in [2.24, 2.45) is 7.05 Å². The zero-order chi connectivity index (χ0) is 14.4. The Balaban J connectivity index is 2.02. The molecule has 0 aliphatic carbocycles. The number of nitrogens with zero attached hydrogens (tertiary/aromatic N) is 1. The van der Waals surface area contributed by atoms with Gasteiger partial charge in [0.25, 0.3) is 0 Å². The minimum Gasteiger partial charge on any atom is -0.344 e. The first-order valence-electron chi connectivity index (χ1n) is 7.28. The molecule has 0 atom stereocenters. The Hall–Kier alpha value is -2.54. The van der Waals surface area contributed by atoms with Gasteiger partial charge in [0.05, 0.1) is 0 Å². The molecule has 0 saturated heterocycles. The number of para-hydroxylation sites is 1. The van der Waals surface area contributed by atoms with Crippen molar-refractivity contribution in [1.29, 1.82) is 0 Å². The highest BCUT2D eigenvalue weighted by molar-refractivity contribution is 6.08. The third-order valence-corrected chi connectivity index (χ3v) is 4.27. The number of hydrogen-bond donors (Lipinski definition) is 0. The minimum atomic E-state index is 1.28. The topological polar surface area (TPSA) is 4.93 Å². The molecule has 0 fully saturated rings. The van der Waals surface area contributed by atoms with Crippen molar-refractivity contribution in [3.8, 4) is 11.1 Å². The fraction of sp³-hybridized carbons (Fsp3) is 0.100. The molecule has 4 rings (SSSR count). The maximum atomic E-state index is 2.30. The van der Waals surface area contributed by atoms with Gasteiger partial charge in [0.2, 0.25) is 0 Å². The average Bonchev–Trinajstić information content (AvgIpc) is 2.81. The molecule has 0 aliphatic rings. The molecular weight excluding hydrogens is 254 g/mol. The van der Waals surface area contributed by atoms with Crippen LogP contribution in [0, 0.1) is 6.92 Å². The fourth-order valence-electron chi connectivity index (χ4n) is 3.16. The van der Waals surface area contributed by atoms with Gasteiger partial charge in [-0.15, -0.1) is 0 Å². The second-order valence-electron chi connectivity index (χ2n) is 5.68. The molecule has 0 unspecified atom stereocenters. The average molecular weight is 271 g/mol. The Bertz CT molecular complexity index is 960. The van der Waals surface area contributed by atoms with Crippen LogP contribution in [-0.4, -0.2) is 4.57 Å². The van der Waals surface area contributed by atoms with Crippen LogP contribution >= 0.6 is 0 Å². The first-order chi connectivity index (χ1) is 10.2. The van der Waals surface area contributed by atoms with E-state index in [4.69, 9.17) is 0 Å². The van der Waals surface area contributed by atoms with E-state index in [2.05, 4.69) is 85.3 Å². The van der Waals surface area contributed by atoms with E-state index < -0.39 is 0 Å². The second kappa shape index (κ2) is 4.49. The summed E-state index contributed by atoms with van der Waals surface area (Å²) < 4.78 is 2.28. The van der Waals surface area contributed by atoms with E-state index in [9.17, 15) is 0 Å². The predicted octanol–water partition coefficient (Wildman–Crippen LogP) is 5.31. The predicted molar refractivity (Wildman–Crippen MR) is 90.6 cm³/mol. The molecule has 1 aromatic heterocycles. The third-order valence-electron chi connectivity index (χ3n) is 4.27. The number of rotatable bonds is 1. The first kappa shape index (κ1) is 12.2. The molecule has 0 spiro atoms. The van der Waals surface area contributed by atoms with E-state index >= 15 is 0 Å². The minimum absolute atomic E-state index is 1.28. The molecule has 1 nitrogen and oxygen atoms in total. The monoisotopic (exact) mass is 271 g/mol. The molecule has 0 amide bonds. The van der Waals surface area contributed by atoms with Crippen LogP contribution in [0.15, 0.2) is 66.7 Å². The maximum Gasteiger partial charge on any atom is 0.0494 e. The number of benzene rings is 3. The second-order valence-corrected chi connectivity index (χ2v) is 5.68. The summed E-state index contributed by atoms with van der Waals surface area (Å²) in [4.78, 5) is 0. The standard InChI is InChI=1S/C20H17N/c1-14-6-5-7-15(12-14)16-10-11-18-17-8-3-4-9-19(17)21(2)20(18)13-16/h3-13H,1-2H3. The van der Waals surface area contributed by atoms with Crippen LogP contribution in [0.2, 0.25) is 0 Å². The van der Waals surface area contributed by atoms with Gasteiger partial charge in [-0.05, 0) is 30.2 Å². The SMILES string of the molecule is Cc1cccc(-c2ccc3c4ccccc4n(C)c3c2)c1. The summed E-state index contributed by atoms with van der Waals surface area (Å²) >= 11 is 0. The highest BCUT2D eigenvalue weighted by Gasteiger charge is 2.08. The van der Waals surface area contributed by atoms with Crippen molar-refractivity contribution in [3.63, 3.8) is 0 Å². The van der Waals surface area contributed by atoms with Gasteiger partial charge in [0.15, 0.2) is 0 Å². The van der Waals surface area contributed by atoms with Gasteiger partial charge in [-0.3, -0.25) is 0 Å². The van der Waals surface area contributed by atoms with Crippen LogP contribution in [0.3, 0.4) is 0 Å². The zero-order valence-corrected chi connectivity index (χ0v) is 12.3. The summed E-state index contributed by atoms with van der Waals surface area (Å²) in [6.07, 6.45) is 0. The number of aromatic nitrogens is 1. The molecule has 0 radical (unpaired) electrons. The summed E-state index contributed by atoms with van der Waals surface area (Å²) in [5.41, 5.74) is 6.42. The Labute approximate surface area is 124 Å². The van der Waals surface area contributed by atoms with Crippen LogP contribution in [0.25, 0.3) is 32.9 Å². The van der Waals surface area contributed by atoms with Gasteiger partial charge in [-0.1, -0.05) is 60.2 Å². The number of fused-ring (bicyclic) bond motifs is 3. The smallest absolute Gasteiger partial charge is 0.0494 e. The normalized spacial score (nSPS) is 11.3. The zero-order valence-electron chi connectivity index (χ0n) is 12.3. The molecule has 102 valence electrons. The van der Waals surface area contributed by atoms with Crippen molar-refractivity contribution >= 4 is 21.8 Å². The van der Waals surface area contributed by atoms with Gasteiger partial charge in [-0.2, -0.15) is 0 Å². The lowest BCUT2D eigenvalue weighted by Crippen LogP contribution is -1.87. The maximum absolute atomic E-state index is 2.30. The molecule has 0 aliphatic heterocycles. The van der Waals surface area contributed by atoms with Crippen LogP contribution in [-0.2, 0) is 7.05 Å². The van der Waals surface area contributed by atoms with E-state index in [1.165, 1.54) is 38.5 Å². The van der Waals surface area contributed by atoms with Crippen LogP contribution < -0.4 is 0 Å². The largest absolute Gasteiger partial charge is 0.344 e. The Morgan fingerprint density at radius 2 is 1.43 bits per heavy atom. The van der Waals surface area contributed by atoms with Gasteiger partial charge in [-0.25, -0.2) is 0 Å². The summed E-state index contributed by atoms with van der Waals surface area (Å²) in [6, 6.07) is 24.0. The van der Waals surface area contributed by atoms with E-state index in [0.717, 1.165) is 0 Å². The van der Waals surface area contributed by atoms with Crippen LogP contribution in [0.5, 0.6) is 0 Å². The molecule has 0 saturated carbocycles. The van der Waals surface area contributed by atoms with Crippen molar-refractivity contribution < 1.29 is 0 Å². The fourth-order valence-corrected chi connectivity index (χ4v) is 3.16. The lowest BCUT2D eigenvalue weighted by atomic mass is 10.0. The summed E-state index contributed by atoms with van der Waals surface area (Å²) in [5, 5.41) is 2.65. The van der Waals surface area contributed by atoms with Gasteiger partial charge < -0.3 is 4.57 Å². The molecule has 0 N–H and O–H groups in total. The molecule has 0 bridgehead atoms. The Morgan fingerprint density at radius 3 is 2.29 bits per heavy atom. The van der Waals surface area contributed by atoms with Crippen LogP contribution in [0.1, 0.15) is 5.56 Å². The van der Waals surface area contributed by atoms with Crippen molar-refractivity contribution in [1.82, 2.24) is 4.57 Å². The van der Waals surface area contributed by atoms with Gasteiger partial charge in [0.1, 0.15) is 0 Å². The summed E-state index contributed by atoms with van der Waals surface area (Å²) in [7, 11) is 2.14. The van der Waals surface area contributed by atoms with E-state index in [1.54, 1.807) is 0 Å². The number of hydrogen-bond acceptors (Lipinski definition) is 0. The van der Waals surface area contributed by atoms with Crippen molar-refractivity contribution in [3.05, 3.63) is 72.3 Å². The van der Waals surface area contributed by atoms with E-state index in [-0.39, 0.29) is 0 Å². The van der Waals surface area contributed by atoms with Crippen molar-refractivity contribution in [2.45, 2.75) is 6.92 Å². The molecule has 1 heterocycles. The first-order valence-corrected chi connectivity index (χ1v) is 7.28. The molecule has 3 aromatic carbocycles. The third kappa shape index (κ3) is 1.85. The van der Waals surface area contributed by atoms with Gasteiger partial charge in [0, 0.05) is 28.9 Å². The lowest BCUT2D eigenvalue weighted by molar-refractivity contribution is 1.01. The molecule has 4 aromatic rings. The van der Waals surface area contributed by atoms with Crippen LogP contribution in [0.4, 0.5) is 0 Å². The highest BCUT2D eigenvalue weighted by Crippen LogP contribution is 2.31. The van der Waals surface area contributed by atoms with Crippen molar-refractivity contribution in [2.75, 3.05) is 0 Å².